The first-order chi connectivity index (χ1) is 7.07. The predicted molar refractivity (Wildman–Crippen MR) is 52.8 cm³/mol. The highest BCUT2D eigenvalue weighted by Crippen LogP contribution is 2.02. The van der Waals surface area contributed by atoms with Gasteiger partial charge in [-0.05, 0) is 6.42 Å². The first kappa shape index (κ1) is 11.9. The second kappa shape index (κ2) is 5.09. The van der Waals surface area contributed by atoms with Gasteiger partial charge in [0.05, 0.1) is 0 Å². The van der Waals surface area contributed by atoms with Crippen molar-refractivity contribution < 1.29 is 9.13 Å². The van der Waals surface area contributed by atoms with Crippen LogP contribution in [0.3, 0.4) is 0 Å². The molecule has 0 saturated heterocycles. The maximum Gasteiger partial charge on any atom is 0.329 e. The Morgan fingerprint density at radius 3 is 2.80 bits per heavy atom. The Balaban J connectivity index is 3.03. The second-order valence-electron chi connectivity index (χ2n) is 2.86. The topological polar surface area (TPSA) is 64.1 Å². The van der Waals surface area contributed by atoms with Crippen LogP contribution >= 0.6 is 11.6 Å². The number of methoxy groups -OCH3 is 1. The normalized spacial score (nSPS) is 10.6. The van der Waals surface area contributed by atoms with Gasteiger partial charge in [0.2, 0.25) is 5.82 Å². The Hall–Kier alpha value is -1.14. The summed E-state index contributed by atoms with van der Waals surface area (Å²) in [5.41, 5.74) is -1.73. The molecule has 0 unspecified atom stereocenters. The molecule has 0 amide bonds. The summed E-state index contributed by atoms with van der Waals surface area (Å²) in [6.45, 7) is 0.478. The van der Waals surface area contributed by atoms with Crippen molar-refractivity contribution in [1.82, 2.24) is 9.55 Å². The van der Waals surface area contributed by atoms with Gasteiger partial charge in [-0.25, -0.2) is 4.79 Å². The Bertz CT molecular complexity index is 454. The minimum Gasteiger partial charge on any atom is -0.385 e. The fraction of sp³-hybridized carbons (Fsp3) is 0.500. The highest BCUT2D eigenvalue weighted by molar-refractivity contribution is 6.29. The molecule has 0 aliphatic carbocycles. The number of hydrogen-bond donors (Lipinski definition) is 1. The molecule has 0 aromatic carbocycles. The van der Waals surface area contributed by atoms with Gasteiger partial charge in [-0.1, -0.05) is 11.6 Å². The zero-order valence-corrected chi connectivity index (χ0v) is 8.81. The molecule has 0 bridgehead atoms. The summed E-state index contributed by atoms with van der Waals surface area (Å²) in [5, 5.41) is -0.562. The molecule has 0 radical (unpaired) electrons. The molecule has 0 fully saturated rings. The Morgan fingerprint density at radius 1 is 1.53 bits per heavy atom. The summed E-state index contributed by atoms with van der Waals surface area (Å²) >= 11 is 5.28. The van der Waals surface area contributed by atoms with Gasteiger partial charge in [-0.2, -0.15) is 4.39 Å². The number of halogens is 2. The van der Waals surface area contributed by atoms with Gasteiger partial charge in [0.1, 0.15) is 0 Å². The fourth-order valence-corrected chi connectivity index (χ4v) is 1.25. The van der Waals surface area contributed by atoms with Crippen molar-refractivity contribution in [3.05, 3.63) is 31.8 Å². The fourth-order valence-electron chi connectivity index (χ4n) is 1.09. The summed E-state index contributed by atoms with van der Waals surface area (Å²) in [4.78, 5) is 24.5. The summed E-state index contributed by atoms with van der Waals surface area (Å²) in [6.07, 6.45) is 0.445. The smallest absolute Gasteiger partial charge is 0.329 e. The molecule has 15 heavy (non-hydrogen) atoms. The maximum atomic E-state index is 13.0. The maximum absolute atomic E-state index is 13.0. The van der Waals surface area contributed by atoms with E-state index in [1.54, 1.807) is 0 Å². The van der Waals surface area contributed by atoms with E-state index in [-0.39, 0.29) is 6.54 Å². The van der Waals surface area contributed by atoms with Gasteiger partial charge < -0.3 is 4.74 Å². The quantitative estimate of drug-likeness (QED) is 0.607. The van der Waals surface area contributed by atoms with E-state index in [1.807, 2.05) is 4.98 Å². The van der Waals surface area contributed by atoms with E-state index >= 15 is 0 Å². The molecule has 1 rings (SSSR count). The zero-order valence-electron chi connectivity index (χ0n) is 8.05. The molecule has 1 aromatic heterocycles. The summed E-state index contributed by atoms with van der Waals surface area (Å²) < 4.78 is 18.5. The van der Waals surface area contributed by atoms with Crippen LogP contribution in [0.5, 0.6) is 0 Å². The molecule has 1 heterocycles. The zero-order chi connectivity index (χ0) is 11.4. The van der Waals surface area contributed by atoms with Crippen LogP contribution in [0, 0.1) is 5.82 Å². The highest BCUT2D eigenvalue weighted by atomic mass is 35.5. The van der Waals surface area contributed by atoms with E-state index in [9.17, 15) is 14.0 Å². The minimum atomic E-state index is -1.14. The van der Waals surface area contributed by atoms with Crippen LogP contribution in [0.4, 0.5) is 4.39 Å². The van der Waals surface area contributed by atoms with E-state index in [2.05, 4.69) is 0 Å². The lowest BCUT2D eigenvalue weighted by Gasteiger charge is -2.04. The van der Waals surface area contributed by atoms with E-state index in [0.29, 0.717) is 13.0 Å². The third kappa shape index (κ3) is 2.66. The summed E-state index contributed by atoms with van der Waals surface area (Å²) in [6, 6.07) is 0. The SMILES string of the molecule is COCCCn1c(=O)[nH]c(Cl)c(F)c1=O. The molecule has 0 spiro atoms. The number of ether oxygens (including phenoxy) is 1. The van der Waals surface area contributed by atoms with Crippen LogP contribution in [-0.2, 0) is 11.3 Å². The van der Waals surface area contributed by atoms with Crippen molar-refractivity contribution in [2.75, 3.05) is 13.7 Å². The first-order valence-corrected chi connectivity index (χ1v) is 4.62. The molecule has 84 valence electrons. The molecule has 7 heteroatoms. The van der Waals surface area contributed by atoms with E-state index in [0.717, 1.165) is 4.57 Å². The average Bonchev–Trinajstić information content (AvgIpc) is 2.20. The van der Waals surface area contributed by atoms with Crippen LogP contribution < -0.4 is 11.2 Å². The first-order valence-electron chi connectivity index (χ1n) is 4.25. The van der Waals surface area contributed by atoms with Crippen LogP contribution in [0.25, 0.3) is 0 Å². The van der Waals surface area contributed by atoms with Crippen molar-refractivity contribution >= 4 is 11.6 Å². The summed E-state index contributed by atoms with van der Waals surface area (Å²) in [5.74, 6) is -1.14. The van der Waals surface area contributed by atoms with Crippen LogP contribution in [0.15, 0.2) is 9.59 Å². The lowest BCUT2D eigenvalue weighted by molar-refractivity contribution is 0.189. The number of H-pyrrole nitrogens is 1. The third-order valence-electron chi connectivity index (χ3n) is 1.82. The van der Waals surface area contributed by atoms with Crippen molar-refractivity contribution in [1.29, 1.82) is 0 Å². The van der Waals surface area contributed by atoms with Crippen molar-refractivity contribution in [2.45, 2.75) is 13.0 Å². The predicted octanol–water partition coefficient (Wildman–Crippen LogP) is 0.366. The molecule has 0 saturated carbocycles. The van der Waals surface area contributed by atoms with Crippen LogP contribution in [0.2, 0.25) is 5.15 Å². The van der Waals surface area contributed by atoms with Crippen LogP contribution in [0.1, 0.15) is 6.42 Å². The van der Waals surface area contributed by atoms with Crippen molar-refractivity contribution in [2.24, 2.45) is 0 Å². The van der Waals surface area contributed by atoms with E-state index in [1.165, 1.54) is 7.11 Å². The van der Waals surface area contributed by atoms with Gasteiger partial charge in [-0.3, -0.25) is 14.3 Å². The number of aromatic nitrogens is 2. The van der Waals surface area contributed by atoms with E-state index < -0.39 is 22.2 Å². The highest BCUT2D eigenvalue weighted by Gasteiger charge is 2.11. The standard InChI is InChI=1S/C8H10ClFN2O3/c1-15-4-2-3-12-7(13)5(10)6(9)11-8(12)14/h2-4H2,1H3,(H,11,14). The molecule has 0 aliphatic heterocycles. The van der Waals surface area contributed by atoms with E-state index in [4.69, 9.17) is 16.3 Å². The average molecular weight is 237 g/mol. The molecular weight excluding hydrogens is 227 g/mol. The monoisotopic (exact) mass is 236 g/mol. The number of aromatic amines is 1. The van der Waals surface area contributed by atoms with Crippen molar-refractivity contribution in [3.8, 4) is 0 Å². The Kier molecular flexibility index (Phi) is 4.05. The van der Waals surface area contributed by atoms with Gasteiger partial charge in [0.25, 0.3) is 5.56 Å². The molecule has 1 aromatic rings. The molecule has 0 aliphatic rings. The molecule has 1 N–H and O–H groups in total. The van der Waals surface area contributed by atoms with Gasteiger partial charge in [-0.15, -0.1) is 0 Å². The molecular formula is C8H10ClFN2O3. The van der Waals surface area contributed by atoms with Crippen LogP contribution in [-0.4, -0.2) is 23.3 Å². The second-order valence-corrected chi connectivity index (χ2v) is 3.24. The largest absolute Gasteiger partial charge is 0.385 e. The van der Waals surface area contributed by atoms with Crippen molar-refractivity contribution in [3.63, 3.8) is 0 Å². The third-order valence-corrected chi connectivity index (χ3v) is 2.08. The van der Waals surface area contributed by atoms with Gasteiger partial charge in [0.15, 0.2) is 5.15 Å². The minimum absolute atomic E-state index is 0.0933. The lowest BCUT2D eigenvalue weighted by Crippen LogP contribution is -2.37. The molecule has 0 atom stereocenters. The van der Waals surface area contributed by atoms with Gasteiger partial charge >= 0.3 is 5.69 Å². The molecule has 5 nitrogen and oxygen atoms in total. The summed E-state index contributed by atoms with van der Waals surface area (Å²) in [7, 11) is 1.50. The number of nitrogens with zero attached hydrogens (tertiary/aromatic N) is 1. The van der Waals surface area contributed by atoms with Gasteiger partial charge in [0, 0.05) is 20.3 Å². The Labute approximate surface area is 89.4 Å². The number of nitrogens with one attached hydrogen (secondary N) is 1. The Morgan fingerprint density at radius 2 is 2.20 bits per heavy atom. The number of hydrogen-bond acceptors (Lipinski definition) is 3. The number of rotatable bonds is 4. The lowest BCUT2D eigenvalue weighted by atomic mass is 10.4.